The van der Waals surface area contributed by atoms with Gasteiger partial charge in [-0.3, -0.25) is 4.79 Å². The van der Waals surface area contributed by atoms with Crippen molar-refractivity contribution in [3.05, 3.63) is 64.1 Å². The second-order valence-corrected chi connectivity index (χ2v) is 6.35. The SMILES string of the molecule is Cc1nc2c(C)cccn2c1CC(=O)Nc1cc(C(F)(F)F)ccc1Cl. The number of carbonyl (C=O) groups is 1. The van der Waals surface area contributed by atoms with Gasteiger partial charge in [0.05, 0.1) is 34.1 Å². The van der Waals surface area contributed by atoms with Gasteiger partial charge in [-0.2, -0.15) is 13.2 Å². The molecule has 8 heteroatoms. The van der Waals surface area contributed by atoms with Crippen LogP contribution >= 0.6 is 11.6 Å². The summed E-state index contributed by atoms with van der Waals surface area (Å²) >= 11 is 5.92. The van der Waals surface area contributed by atoms with Crippen LogP contribution in [0, 0.1) is 13.8 Å². The van der Waals surface area contributed by atoms with Gasteiger partial charge in [0.1, 0.15) is 5.65 Å². The number of halogens is 4. The summed E-state index contributed by atoms with van der Waals surface area (Å²) in [6.45, 7) is 3.69. The lowest BCUT2D eigenvalue weighted by atomic mass is 10.2. The Morgan fingerprint density at radius 3 is 2.69 bits per heavy atom. The fourth-order valence-corrected chi connectivity index (χ4v) is 2.89. The normalized spacial score (nSPS) is 11.8. The molecule has 0 fully saturated rings. The molecule has 0 aliphatic carbocycles. The molecule has 136 valence electrons. The maximum absolute atomic E-state index is 12.8. The third-order valence-corrected chi connectivity index (χ3v) is 4.37. The van der Waals surface area contributed by atoms with Crippen LogP contribution in [0.3, 0.4) is 0 Å². The lowest BCUT2D eigenvalue weighted by Crippen LogP contribution is -2.17. The highest BCUT2D eigenvalue weighted by atomic mass is 35.5. The number of hydrogen-bond acceptors (Lipinski definition) is 2. The van der Waals surface area contributed by atoms with Crippen LogP contribution in [0.2, 0.25) is 5.02 Å². The molecule has 0 saturated carbocycles. The lowest BCUT2D eigenvalue weighted by Gasteiger charge is -2.12. The number of aryl methyl sites for hydroxylation is 2. The zero-order valence-corrected chi connectivity index (χ0v) is 14.7. The largest absolute Gasteiger partial charge is 0.416 e. The van der Waals surface area contributed by atoms with Crippen molar-refractivity contribution in [2.24, 2.45) is 0 Å². The van der Waals surface area contributed by atoms with Crippen LogP contribution in [0.5, 0.6) is 0 Å². The lowest BCUT2D eigenvalue weighted by molar-refractivity contribution is -0.137. The first-order valence-corrected chi connectivity index (χ1v) is 8.14. The number of benzene rings is 1. The van der Waals surface area contributed by atoms with Crippen LogP contribution in [-0.4, -0.2) is 15.3 Å². The fraction of sp³-hybridized carbons (Fsp3) is 0.222. The number of nitrogens with one attached hydrogen (secondary N) is 1. The third-order valence-electron chi connectivity index (χ3n) is 4.04. The van der Waals surface area contributed by atoms with Crippen LogP contribution < -0.4 is 5.32 Å². The van der Waals surface area contributed by atoms with Gasteiger partial charge in [-0.05, 0) is 43.7 Å². The molecule has 26 heavy (non-hydrogen) atoms. The van der Waals surface area contributed by atoms with Gasteiger partial charge in [-0.25, -0.2) is 4.98 Å². The monoisotopic (exact) mass is 381 g/mol. The van der Waals surface area contributed by atoms with Crippen molar-refractivity contribution < 1.29 is 18.0 Å². The Hall–Kier alpha value is -2.54. The summed E-state index contributed by atoms with van der Waals surface area (Å²) in [4.78, 5) is 16.8. The minimum Gasteiger partial charge on any atom is -0.324 e. The van der Waals surface area contributed by atoms with Crippen LogP contribution in [0.1, 0.15) is 22.5 Å². The van der Waals surface area contributed by atoms with Gasteiger partial charge in [0.25, 0.3) is 0 Å². The van der Waals surface area contributed by atoms with E-state index in [4.69, 9.17) is 11.6 Å². The zero-order valence-electron chi connectivity index (χ0n) is 14.0. The standard InChI is InChI=1S/C18H15ClF3N3O/c1-10-4-3-7-25-15(11(2)23-17(10)25)9-16(26)24-14-8-12(18(20,21)22)5-6-13(14)19/h3-8H,9H2,1-2H3,(H,24,26). The molecule has 0 unspecified atom stereocenters. The zero-order chi connectivity index (χ0) is 19.1. The highest BCUT2D eigenvalue weighted by Crippen LogP contribution is 2.33. The van der Waals surface area contributed by atoms with E-state index in [1.165, 1.54) is 0 Å². The second kappa shape index (κ2) is 6.64. The first-order chi connectivity index (χ1) is 12.2. The van der Waals surface area contributed by atoms with Gasteiger partial charge in [0.2, 0.25) is 5.91 Å². The molecule has 0 atom stereocenters. The smallest absolute Gasteiger partial charge is 0.324 e. The number of nitrogens with zero attached hydrogens (tertiary/aromatic N) is 2. The molecule has 3 rings (SSSR count). The predicted octanol–water partition coefficient (Wildman–Crippen LogP) is 4.80. The summed E-state index contributed by atoms with van der Waals surface area (Å²) in [6.07, 6.45) is -2.76. The second-order valence-electron chi connectivity index (χ2n) is 5.95. The molecule has 0 spiro atoms. The Morgan fingerprint density at radius 1 is 1.27 bits per heavy atom. The highest BCUT2D eigenvalue weighted by molar-refractivity contribution is 6.33. The van der Waals surface area contributed by atoms with E-state index in [0.29, 0.717) is 11.4 Å². The van der Waals surface area contributed by atoms with Crippen molar-refractivity contribution in [1.82, 2.24) is 9.38 Å². The van der Waals surface area contributed by atoms with Crippen molar-refractivity contribution in [3.8, 4) is 0 Å². The number of alkyl halides is 3. The summed E-state index contributed by atoms with van der Waals surface area (Å²) in [5, 5.41) is 2.49. The van der Waals surface area contributed by atoms with Crippen molar-refractivity contribution in [2.75, 3.05) is 5.32 Å². The van der Waals surface area contributed by atoms with Gasteiger partial charge < -0.3 is 9.72 Å². The molecule has 1 amide bonds. The van der Waals surface area contributed by atoms with E-state index in [0.717, 1.165) is 29.4 Å². The number of pyridine rings is 1. The number of rotatable bonds is 3. The molecule has 0 aliphatic heterocycles. The molecule has 0 radical (unpaired) electrons. The summed E-state index contributed by atoms with van der Waals surface area (Å²) in [7, 11) is 0. The minimum atomic E-state index is -4.51. The number of hydrogen-bond donors (Lipinski definition) is 1. The van der Waals surface area contributed by atoms with E-state index < -0.39 is 17.6 Å². The van der Waals surface area contributed by atoms with E-state index in [1.807, 2.05) is 19.1 Å². The third kappa shape index (κ3) is 3.53. The van der Waals surface area contributed by atoms with E-state index >= 15 is 0 Å². The Labute approximate surface area is 152 Å². The fourth-order valence-electron chi connectivity index (χ4n) is 2.72. The number of aromatic nitrogens is 2. The summed E-state index contributed by atoms with van der Waals surface area (Å²) in [5.74, 6) is -0.474. The number of amides is 1. The van der Waals surface area contributed by atoms with Crippen molar-refractivity contribution in [1.29, 1.82) is 0 Å². The van der Waals surface area contributed by atoms with Crippen LogP contribution in [-0.2, 0) is 17.4 Å². The van der Waals surface area contributed by atoms with Crippen molar-refractivity contribution in [2.45, 2.75) is 26.4 Å². The topological polar surface area (TPSA) is 46.4 Å². The molecule has 0 saturated heterocycles. The quantitative estimate of drug-likeness (QED) is 0.708. The number of anilines is 1. The van der Waals surface area contributed by atoms with E-state index in [2.05, 4.69) is 10.3 Å². The van der Waals surface area contributed by atoms with Gasteiger partial charge in [0, 0.05) is 6.20 Å². The Balaban J connectivity index is 1.87. The number of carbonyl (C=O) groups excluding carboxylic acids is 1. The van der Waals surface area contributed by atoms with Crippen LogP contribution in [0.4, 0.5) is 18.9 Å². The van der Waals surface area contributed by atoms with Gasteiger partial charge in [-0.15, -0.1) is 0 Å². The number of imidazole rings is 1. The molecular weight excluding hydrogens is 367 g/mol. The summed E-state index contributed by atoms with van der Waals surface area (Å²) in [5.41, 5.74) is 2.11. The molecule has 2 aromatic heterocycles. The predicted molar refractivity (Wildman–Crippen MR) is 93.5 cm³/mol. The first-order valence-electron chi connectivity index (χ1n) is 7.76. The molecular formula is C18H15ClF3N3O. The maximum atomic E-state index is 12.8. The molecule has 0 aliphatic rings. The molecule has 1 N–H and O–H groups in total. The molecule has 4 nitrogen and oxygen atoms in total. The Bertz CT molecular complexity index is 995. The average molecular weight is 382 g/mol. The molecule has 2 heterocycles. The maximum Gasteiger partial charge on any atom is 0.416 e. The minimum absolute atomic E-state index is 0.0387. The summed E-state index contributed by atoms with van der Waals surface area (Å²) in [6, 6.07) is 6.56. The van der Waals surface area contributed by atoms with Crippen LogP contribution in [0.25, 0.3) is 5.65 Å². The number of fused-ring (bicyclic) bond motifs is 1. The van der Waals surface area contributed by atoms with Crippen molar-refractivity contribution in [3.63, 3.8) is 0 Å². The molecule has 1 aromatic carbocycles. The van der Waals surface area contributed by atoms with Gasteiger partial charge >= 0.3 is 6.18 Å². The summed E-state index contributed by atoms with van der Waals surface area (Å²) < 4.78 is 40.3. The highest BCUT2D eigenvalue weighted by Gasteiger charge is 2.31. The first kappa shape index (κ1) is 18.3. The molecule has 3 aromatic rings. The van der Waals surface area contributed by atoms with Crippen molar-refractivity contribution >= 4 is 28.8 Å². The van der Waals surface area contributed by atoms with Gasteiger partial charge in [0.15, 0.2) is 0 Å². The van der Waals surface area contributed by atoms with Gasteiger partial charge in [-0.1, -0.05) is 17.7 Å². The average Bonchev–Trinajstić information content (AvgIpc) is 2.86. The molecule has 0 bridgehead atoms. The van der Waals surface area contributed by atoms with E-state index in [-0.39, 0.29) is 17.1 Å². The van der Waals surface area contributed by atoms with Crippen LogP contribution in [0.15, 0.2) is 36.5 Å². The van der Waals surface area contributed by atoms with E-state index in [9.17, 15) is 18.0 Å². The van der Waals surface area contributed by atoms with E-state index in [1.54, 1.807) is 17.5 Å². The Morgan fingerprint density at radius 2 is 2.00 bits per heavy atom. The Kier molecular flexibility index (Phi) is 4.66.